The number of nitrogens with zero attached hydrogens (tertiary/aromatic N) is 4. The number of hydrogen-bond acceptors (Lipinski definition) is 4. The van der Waals surface area contributed by atoms with Crippen molar-refractivity contribution in [3.63, 3.8) is 0 Å². The number of carbonyl (C=O) groups excluding carboxylic acids is 1. The monoisotopic (exact) mass is 404 g/mol. The molecule has 1 aromatic heterocycles. The fourth-order valence-electron chi connectivity index (χ4n) is 3.41. The fraction of sp³-hybridized carbons (Fsp3) is 0.250. The molecule has 4 rings (SSSR count). The molecule has 1 aromatic carbocycles. The third-order valence-electron chi connectivity index (χ3n) is 4.98. The number of anilines is 1. The Balaban J connectivity index is 1.59. The van der Waals surface area contributed by atoms with Gasteiger partial charge in [0.1, 0.15) is 5.69 Å². The van der Waals surface area contributed by atoms with E-state index in [1.807, 2.05) is 4.90 Å². The minimum atomic E-state index is -4.40. The van der Waals surface area contributed by atoms with Crippen LogP contribution in [0.3, 0.4) is 0 Å². The minimum Gasteiger partial charge on any atom is -0.342 e. The van der Waals surface area contributed by atoms with Crippen molar-refractivity contribution in [3.05, 3.63) is 66.1 Å². The number of fused-ring (bicyclic) bond motifs is 1. The van der Waals surface area contributed by atoms with Gasteiger partial charge < -0.3 is 9.80 Å². The number of rotatable bonds is 3. The highest BCUT2D eigenvalue weighted by Crippen LogP contribution is 2.35. The summed E-state index contributed by atoms with van der Waals surface area (Å²) in [6, 6.07) is 8.22. The van der Waals surface area contributed by atoms with Crippen molar-refractivity contribution in [2.24, 2.45) is 4.99 Å². The second-order valence-electron chi connectivity index (χ2n) is 6.88. The van der Waals surface area contributed by atoms with Crippen LogP contribution in [0.1, 0.15) is 11.1 Å². The lowest BCUT2D eigenvalue weighted by molar-refractivity contribution is -0.137. The van der Waals surface area contributed by atoms with E-state index in [0.717, 1.165) is 12.1 Å². The highest BCUT2D eigenvalue weighted by Gasteiger charge is 2.39. The summed E-state index contributed by atoms with van der Waals surface area (Å²) in [5, 5.41) is 0. The Hall–Kier alpha value is -3.23. The van der Waals surface area contributed by atoms with Crippen LogP contribution >= 0.6 is 0 Å². The zero-order valence-electron chi connectivity index (χ0n) is 15.2. The van der Waals surface area contributed by atoms with Crippen molar-refractivity contribution in [2.75, 3.05) is 24.5 Å². The van der Waals surface area contributed by atoms with Gasteiger partial charge in [-0.05, 0) is 29.8 Å². The first-order valence-corrected chi connectivity index (χ1v) is 8.84. The lowest BCUT2D eigenvalue weighted by Crippen LogP contribution is -2.62. The van der Waals surface area contributed by atoms with Crippen molar-refractivity contribution in [2.45, 2.75) is 12.2 Å². The summed E-state index contributed by atoms with van der Waals surface area (Å²) >= 11 is 0. The van der Waals surface area contributed by atoms with E-state index in [-0.39, 0.29) is 6.04 Å². The first kappa shape index (κ1) is 19.1. The van der Waals surface area contributed by atoms with Gasteiger partial charge in [0.05, 0.1) is 23.9 Å². The van der Waals surface area contributed by atoms with Gasteiger partial charge in [-0.3, -0.25) is 4.79 Å². The maximum atomic E-state index is 13.1. The Labute approximate surface area is 164 Å². The molecule has 2 aliphatic heterocycles. The van der Waals surface area contributed by atoms with Crippen LogP contribution in [0.25, 0.3) is 0 Å². The summed E-state index contributed by atoms with van der Waals surface area (Å²) in [6.45, 7) is 3.95. The van der Waals surface area contributed by atoms with Crippen LogP contribution in [-0.2, 0) is 11.0 Å². The molecule has 5 nitrogen and oxygen atoms in total. The topological polar surface area (TPSA) is 48.8 Å². The van der Waals surface area contributed by atoms with Gasteiger partial charge in [-0.2, -0.15) is 13.2 Å². The van der Waals surface area contributed by atoms with Crippen molar-refractivity contribution in [1.29, 1.82) is 0 Å². The summed E-state index contributed by atoms with van der Waals surface area (Å²) in [6.07, 6.45) is -2.78. The van der Waals surface area contributed by atoms with Crippen LogP contribution in [0.2, 0.25) is 0 Å². The van der Waals surface area contributed by atoms with Crippen molar-refractivity contribution in [3.8, 4) is 0 Å². The number of aliphatic imine (C=N–C) groups is 1. The van der Waals surface area contributed by atoms with E-state index in [1.165, 1.54) is 17.0 Å². The van der Waals surface area contributed by atoms with Crippen LogP contribution in [0.5, 0.6) is 0 Å². The van der Waals surface area contributed by atoms with Gasteiger partial charge in [0.25, 0.3) is 5.91 Å². The maximum Gasteiger partial charge on any atom is 0.416 e. The van der Waals surface area contributed by atoms with Crippen LogP contribution in [-0.4, -0.2) is 47.2 Å². The largest absolute Gasteiger partial charge is 0.416 e. The molecule has 0 spiro atoms. The molecule has 1 amide bonds. The molecule has 1 saturated heterocycles. The van der Waals surface area contributed by atoms with Gasteiger partial charge in [-0.1, -0.05) is 18.7 Å². The van der Waals surface area contributed by atoms with Gasteiger partial charge in [0, 0.05) is 19.3 Å². The molecule has 9 heteroatoms. The summed E-state index contributed by atoms with van der Waals surface area (Å²) < 4.78 is 51.5. The minimum absolute atomic E-state index is 0.105. The first-order valence-electron chi connectivity index (χ1n) is 8.84. The van der Waals surface area contributed by atoms with Gasteiger partial charge in [0.2, 0.25) is 0 Å². The quantitative estimate of drug-likeness (QED) is 0.579. The number of halogens is 4. The summed E-state index contributed by atoms with van der Waals surface area (Å²) in [7, 11) is 0. The Morgan fingerprint density at radius 1 is 1.14 bits per heavy atom. The molecule has 0 unspecified atom stereocenters. The lowest BCUT2D eigenvalue weighted by Gasteiger charge is -2.46. The number of pyridine rings is 1. The predicted molar refractivity (Wildman–Crippen MR) is 99.8 cm³/mol. The lowest BCUT2D eigenvalue weighted by atomic mass is 10.0. The molecule has 0 aliphatic carbocycles. The molecule has 150 valence electrons. The third-order valence-corrected chi connectivity index (χ3v) is 4.98. The zero-order chi connectivity index (χ0) is 20.8. The van der Waals surface area contributed by atoms with Crippen molar-refractivity contribution in [1.82, 2.24) is 9.88 Å². The maximum absolute atomic E-state index is 13.1. The Kier molecular flexibility index (Phi) is 4.60. The molecule has 0 bridgehead atoms. The highest BCUT2D eigenvalue weighted by molar-refractivity contribution is 6.07. The number of amides is 1. The molecular weight excluding hydrogens is 388 g/mol. The first-order chi connectivity index (χ1) is 13.7. The van der Waals surface area contributed by atoms with Gasteiger partial charge in [-0.25, -0.2) is 14.4 Å². The van der Waals surface area contributed by atoms with Crippen molar-refractivity contribution < 1.29 is 22.4 Å². The van der Waals surface area contributed by atoms with E-state index in [9.17, 15) is 22.4 Å². The standard InChI is InChI=1S/C20H16F4N4O/c1-12(21)19(29)27-9-15(10-27)28-11-17(26-16-3-2-8-25-18(16)28)13-4-6-14(7-5-13)20(22,23)24/h2-8,15H,1,9-11H2. The number of benzene rings is 1. The average molecular weight is 404 g/mol. The van der Waals surface area contributed by atoms with Gasteiger partial charge in [-0.15, -0.1) is 0 Å². The Morgan fingerprint density at radius 2 is 1.83 bits per heavy atom. The van der Waals surface area contributed by atoms with Crippen LogP contribution < -0.4 is 4.90 Å². The van der Waals surface area contributed by atoms with Gasteiger partial charge in [0.15, 0.2) is 11.6 Å². The molecule has 0 N–H and O–H groups in total. The molecule has 1 fully saturated rings. The van der Waals surface area contributed by atoms with Crippen LogP contribution in [0.15, 0.2) is 60.0 Å². The highest BCUT2D eigenvalue weighted by atomic mass is 19.4. The van der Waals surface area contributed by atoms with E-state index in [1.54, 1.807) is 18.3 Å². The summed E-state index contributed by atoms with van der Waals surface area (Å²) in [4.78, 5) is 23.9. The zero-order valence-corrected chi connectivity index (χ0v) is 15.2. The Bertz CT molecular complexity index is 994. The van der Waals surface area contributed by atoms with E-state index < -0.39 is 23.5 Å². The van der Waals surface area contributed by atoms with Gasteiger partial charge >= 0.3 is 6.18 Å². The summed E-state index contributed by atoms with van der Waals surface area (Å²) in [5.41, 5.74) is 1.03. The smallest absolute Gasteiger partial charge is 0.342 e. The predicted octanol–water partition coefficient (Wildman–Crippen LogP) is 3.74. The second-order valence-corrected chi connectivity index (χ2v) is 6.88. The van der Waals surface area contributed by atoms with E-state index in [0.29, 0.717) is 42.4 Å². The molecule has 0 saturated carbocycles. The molecule has 2 aliphatic rings. The molecule has 0 atom stereocenters. The average Bonchev–Trinajstić information content (AvgIpc) is 2.66. The number of carbonyl (C=O) groups is 1. The molecule has 0 radical (unpaired) electrons. The summed E-state index contributed by atoms with van der Waals surface area (Å²) in [5.74, 6) is -1.12. The number of hydrogen-bond donors (Lipinski definition) is 0. The third kappa shape index (κ3) is 3.59. The van der Waals surface area contributed by atoms with Crippen molar-refractivity contribution >= 4 is 23.1 Å². The molecule has 29 heavy (non-hydrogen) atoms. The Morgan fingerprint density at radius 3 is 2.45 bits per heavy atom. The fourth-order valence-corrected chi connectivity index (χ4v) is 3.41. The normalized spacial score (nSPS) is 16.8. The van der Waals surface area contributed by atoms with Crippen LogP contribution in [0, 0.1) is 0 Å². The molecule has 2 aromatic rings. The van der Waals surface area contributed by atoms with Crippen LogP contribution in [0.4, 0.5) is 29.1 Å². The number of likely N-dealkylation sites (tertiary alicyclic amines) is 1. The number of aromatic nitrogens is 1. The molecule has 3 heterocycles. The molecular formula is C20H16F4N4O. The van der Waals surface area contributed by atoms with E-state index >= 15 is 0 Å². The van der Waals surface area contributed by atoms with E-state index in [2.05, 4.69) is 16.6 Å². The SMILES string of the molecule is C=C(F)C(=O)N1CC(N2CC(c3ccc(C(F)(F)F)cc3)=Nc3cccnc32)C1. The number of alkyl halides is 3. The van der Waals surface area contributed by atoms with E-state index in [4.69, 9.17) is 0 Å². The second kappa shape index (κ2) is 6.98.